The smallest absolute Gasteiger partial charge is 0.408 e. The quantitative estimate of drug-likeness (QED) is 0.673. The number of piperidine rings is 1. The molecule has 1 N–H and O–H groups in total. The lowest BCUT2D eigenvalue weighted by atomic mass is 9.64. The lowest BCUT2D eigenvalue weighted by molar-refractivity contribution is -0.0314. The second-order valence-electron chi connectivity index (χ2n) is 8.38. The maximum absolute atomic E-state index is 14.2. The van der Waals surface area contributed by atoms with E-state index in [4.69, 9.17) is 16.3 Å². The second kappa shape index (κ2) is 8.19. The Hall–Kier alpha value is -2.34. The van der Waals surface area contributed by atoms with E-state index >= 15 is 0 Å². The molecule has 0 saturated carbocycles. The third kappa shape index (κ3) is 4.04. The SMILES string of the molecule is CC(C)(C)C1(c2cccnc2OCc2ccc(Cl)cc2F)CCCCN1C(=O)O. The molecule has 1 unspecified atom stereocenters. The van der Waals surface area contributed by atoms with E-state index in [1.807, 2.05) is 26.8 Å². The number of rotatable bonds is 4. The van der Waals surface area contributed by atoms with Crippen LogP contribution in [-0.4, -0.2) is 27.6 Å². The fourth-order valence-electron chi connectivity index (χ4n) is 4.30. The topological polar surface area (TPSA) is 62.7 Å². The van der Waals surface area contributed by atoms with Crippen LogP contribution < -0.4 is 4.74 Å². The monoisotopic (exact) mass is 420 g/mol. The summed E-state index contributed by atoms with van der Waals surface area (Å²) < 4.78 is 20.1. The summed E-state index contributed by atoms with van der Waals surface area (Å²) in [6.45, 7) is 6.52. The largest absolute Gasteiger partial charge is 0.472 e. The highest BCUT2D eigenvalue weighted by atomic mass is 35.5. The van der Waals surface area contributed by atoms with Gasteiger partial charge in [-0.05, 0) is 48.9 Å². The molecule has 2 heterocycles. The number of aromatic nitrogens is 1. The van der Waals surface area contributed by atoms with Gasteiger partial charge in [-0.15, -0.1) is 0 Å². The number of benzene rings is 1. The molecule has 3 rings (SSSR count). The highest BCUT2D eigenvalue weighted by molar-refractivity contribution is 6.30. The number of carbonyl (C=O) groups is 1. The molecule has 1 saturated heterocycles. The van der Waals surface area contributed by atoms with Crippen LogP contribution in [0.1, 0.15) is 51.2 Å². The number of ether oxygens (including phenoxy) is 1. The van der Waals surface area contributed by atoms with Crippen molar-refractivity contribution in [2.24, 2.45) is 5.41 Å². The molecule has 29 heavy (non-hydrogen) atoms. The zero-order valence-corrected chi connectivity index (χ0v) is 17.7. The third-order valence-electron chi connectivity index (χ3n) is 5.70. The highest BCUT2D eigenvalue weighted by Gasteiger charge is 2.53. The summed E-state index contributed by atoms with van der Waals surface area (Å²) in [6, 6.07) is 8.07. The van der Waals surface area contributed by atoms with Crippen LogP contribution >= 0.6 is 11.6 Å². The molecule has 0 spiro atoms. The highest BCUT2D eigenvalue weighted by Crippen LogP contribution is 2.52. The average molecular weight is 421 g/mol. The van der Waals surface area contributed by atoms with Gasteiger partial charge in [-0.1, -0.05) is 38.4 Å². The molecule has 1 aliphatic rings. The Kier molecular flexibility index (Phi) is 6.03. The Balaban J connectivity index is 2.03. The first-order chi connectivity index (χ1) is 13.7. The van der Waals surface area contributed by atoms with E-state index in [0.717, 1.165) is 12.8 Å². The summed E-state index contributed by atoms with van der Waals surface area (Å²) >= 11 is 5.82. The predicted octanol–water partition coefficient (Wildman–Crippen LogP) is 5.86. The minimum atomic E-state index is -0.960. The maximum Gasteiger partial charge on any atom is 0.408 e. The molecule has 0 aliphatic carbocycles. The molecule has 156 valence electrons. The maximum atomic E-state index is 14.2. The van der Waals surface area contributed by atoms with Gasteiger partial charge in [0.2, 0.25) is 5.88 Å². The van der Waals surface area contributed by atoms with Crippen LogP contribution in [0.4, 0.5) is 9.18 Å². The molecule has 1 amide bonds. The lowest BCUT2D eigenvalue weighted by Crippen LogP contribution is -2.58. The molecule has 5 nitrogen and oxygen atoms in total. The predicted molar refractivity (Wildman–Crippen MR) is 110 cm³/mol. The molecular weight excluding hydrogens is 395 g/mol. The Morgan fingerprint density at radius 1 is 1.34 bits per heavy atom. The molecule has 7 heteroatoms. The van der Waals surface area contributed by atoms with E-state index in [9.17, 15) is 14.3 Å². The van der Waals surface area contributed by atoms with Crippen molar-refractivity contribution in [3.63, 3.8) is 0 Å². The van der Waals surface area contributed by atoms with Gasteiger partial charge in [-0.3, -0.25) is 4.90 Å². The van der Waals surface area contributed by atoms with E-state index in [-0.39, 0.29) is 6.61 Å². The molecule has 0 radical (unpaired) electrons. The fourth-order valence-corrected chi connectivity index (χ4v) is 4.46. The number of halogens is 2. The van der Waals surface area contributed by atoms with Crippen LogP contribution in [0, 0.1) is 11.2 Å². The molecule has 1 aliphatic heterocycles. The van der Waals surface area contributed by atoms with Crippen molar-refractivity contribution in [3.05, 3.63) is 58.5 Å². The lowest BCUT2D eigenvalue weighted by Gasteiger charge is -2.54. The molecular formula is C22H26ClFN2O3. The van der Waals surface area contributed by atoms with Crippen LogP contribution in [0.25, 0.3) is 0 Å². The fraction of sp³-hybridized carbons (Fsp3) is 0.455. The van der Waals surface area contributed by atoms with E-state index in [2.05, 4.69) is 4.98 Å². The molecule has 1 aromatic carbocycles. The van der Waals surface area contributed by atoms with Crippen LogP contribution in [0.15, 0.2) is 36.5 Å². The van der Waals surface area contributed by atoms with Gasteiger partial charge >= 0.3 is 6.09 Å². The van der Waals surface area contributed by atoms with Crippen molar-refractivity contribution < 1.29 is 19.0 Å². The molecule has 1 atom stereocenters. The van der Waals surface area contributed by atoms with Crippen molar-refractivity contribution in [1.29, 1.82) is 0 Å². The summed E-state index contributed by atoms with van der Waals surface area (Å²) in [7, 11) is 0. The number of likely N-dealkylation sites (tertiary alicyclic amines) is 1. The summed E-state index contributed by atoms with van der Waals surface area (Å²) in [5.41, 5.74) is -0.129. The van der Waals surface area contributed by atoms with E-state index in [1.54, 1.807) is 24.4 Å². The standard InChI is InChI=1S/C22H26ClFN2O3/c1-21(2,3)22(10-4-5-12-26(22)20(27)28)17-7-6-11-25-19(17)29-14-15-8-9-16(23)13-18(15)24/h6-9,11,13H,4-5,10,12,14H2,1-3H3,(H,27,28). The molecule has 2 aromatic rings. The first kappa shape index (κ1) is 21.4. The number of carboxylic acid groups (broad SMARTS) is 1. The Morgan fingerprint density at radius 2 is 2.10 bits per heavy atom. The van der Waals surface area contributed by atoms with Crippen LogP contribution in [0.3, 0.4) is 0 Å². The van der Waals surface area contributed by atoms with E-state index in [0.29, 0.717) is 35.0 Å². The van der Waals surface area contributed by atoms with Gasteiger partial charge < -0.3 is 9.84 Å². The van der Waals surface area contributed by atoms with Crippen LogP contribution in [-0.2, 0) is 12.1 Å². The zero-order valence-electron chi connectivity index (χ0n) is 16.9. The normalized spacial score (nSPS) is 19.8. The minimum Gasteiger partial charge on any atom is -0.472 e. The van der Waals surface area contributed by atoms with E-state index in [1.165, 1.54) is 11.0 Å². The zero-order chi connectivity index (χ0) is 21.2. The molecule has 1 aromatic heterocycles. The second-order valence-corrected chi connectivity index (χ2v) is 8.82. The van der Waals surface area contributed by atoms with Gasteiger partial charge in [-0.25, -0.2) is 14.2 Å². The number of nitrogens with zero attached hydrogens (tertiary/aromatic N) is 2. The third-order valence-corrected chi connectivity index (χ3v) is 5.93. The molecule has 1 fully saturated rings. The van der Waals surface area contributed by atoms with Crippen LogP contribution in [0.2, 0.25) is 5.02 Å². The minimum absolute atomic E-state index is 0.0275. The van der Waals surface area contributed by atoms with Crippen molar-refractivity contribution >= 4 is 17.7 Å². The summed E-state index contributed by atoms with van der Waals surface area (Å²) in [4.78, 5) is 18.1. The average Bonchev–Trinajstić information content (AvgIpc) is 2.66. The summed E-state index contributed by atoms with van der Waals surface area (Å²) in [5.74, 6) is -0.129. The Morgan fingerprint density at radius 3 is 2.76 bits per heavy atom. The van der Waals surface area contributed by atoms with Crippen molar-refractivity contribution in [2.45, 2.75) is 52.2 Å². The van der Waals surface area contributed by atoms with Crippen molar-refractivity contribution in [1.82, 2.24) is 9.88 Å². The Bertz CT molecular complexity index is 900. The van der Waals surface area contributed by atoms with Gasteiger partial charge in [0, 0.05) is 28.9 Å². The number of hydrogen-bond acceptors (Lipinski definition) is 3. The van der Waals surface area contributed by atoms with E-state index < -0.39 is 22.9 Å². The summed E-state index contributed by atoms with van der Waals surface area (Å²) in [6.07, 6.45) is 3.03. The van der Waals surface area contributed by atoms with Gasteiger partial charge in [-0.2, -0.15) is 0 Å². The number of hydrogen-bond donors (Lipinski definition) is 1. The molecule has 0 bridgehead atoms. The summed E-state index contributed by atoms with van der Waals surface area (Å²) in [5, 5.41) is 10.3. The first-order valence-electron chi connectivity index (χ1n) is 9.69. The van der Waals surface area contributed by atoms with Crippen LogP contribution in [0.5, 0.6) is 5.88 Å². The van der Waals surface area contributed by atoms with Crippen molar-refractivity contribution in [2.75, 3.05) is 6.54 Å². The van der Waals surface area contributed by atoms with Gasteiger partial charge in [0.05, 0.1) is 5.54 Å². The first-order valence-corrected chi connectivity index (χ1v) is 10.1. The van der Waals surface area contributed by atoms with Gasteiger partial charge in [0.15, 0.2) is 0 Å². The van der Waals surface area contributed by atoms with Crippen molar-refractivity contribution in [3.8, 4) is 5.88 Å². The number of pyridine rings is 1. The number of amides is 1. The Labute approximate surface area is 175 Å². The van der Waals surface area contributed by atoms with Gasteiger partial charge in [0.25, 0.3) is 0 Å². The van der Waals surface area contributed by atoms with Gasteiger partial charge in [0.1, 0.15) is 12.4 Å².